The van der Waals surface area contributed by atoms with E-state index in [4.69, 9.17) is 18.9 Å². The second-order valence-electron chi connectivity index (χ2n) is 10.4. The molecule has 0 spiro atoms. The maximum atomic E-state index is 11.3. The van der Waals surface area contributed by atoms with E-state index in [1.165, 1.54) is 18.1 Å². The molecule has 7 heteroatoms. The first-order valence-electron chi connectivity index (χ1n) is 12.7. The fraction of sp³-hybridized carbons (Fsp3) is 0.679. The molecular formula is C28H42O7. The molecule has 0 aromatic heterocycles. The number of methoxy groups -OCH3 is 1. The van der Waals surface area contributed by atoms with E-state index in [9.17, 15) is 15.0 Å². The predicted molar refractivity (Wildman–Crippen MR) is 134 cm³/mol. The van der Waals surface area contributed by atoms with Crippen LogP contribution in [-0.4, -0.2) is 54.5 Å². The van der Waals surface area contributed by atoms with Crippen molar-refractivity contribution in [3.05, 3.63) is 34.4 Å². The van der Waals surface area contributed by atoms with Crippen molar-refractivity contribution in [3.8, 4) is 11.5 Å². The number of hydrogen-bond acceptors (Lipinski definition) is 7. The third-order valence-electron chi connectivity index (χ3n) is 7.35. The molecule has 2 aliphatic rings. The summed E-state index contributed by atoms with van der Waals surface area (Å²) in [5.41, 5.74) is 4.71. The average Bonchev–Trinajstić information content (AvgIpc) is 2.78. The Morgan fingerprint density at radius 2 is 1.91 bits per heavy atom. The van der Waals surface area contributed by atoms with Crippen LogP contribution in [0.15, 0.2) is 17.7 Å². The van der Waals surface area contributed by atoms with Crippen molar-refractivity contribution in [1.82, 2.24) is 0 Å². The van der Waals surface area contributed by atoms with Crippen molar-refractivity contribution in [2.45, 2.75) is 104 Å². The molecule has 35 heavy (non-hydrogen) atoms. The Hall–Kier alpha value is -2.09. The van der Waals surface area contributed by atoms with Gasteiger partial charge in [0.1, 0.15) is 12.2 Å². The molecule has 3 rings (SSSR count). The lowest BCUT2D eigenvalue weighted by Crippen LogP contribution is -2.56. The number of carbonyl (C=O) groups excluding carboxylic acids is 1. The van der Waals surface area contributed by atoms with Crippen LogP contribution in [0.4, 0.5) is 0 Å². The van der Waals surface area contributed by atoms with Gasteiger partial charge >= 0.3 is 5.97 Å². The summed E-state index contributed by atoms with van der Waals surface area (Å²) in [6, 6.07) is 2.19. The SMILES string of the molecule is COc1c(O[C@H]2OC[C@H](OC(C)=O)[C@@H](O)[C@@H]2O)c(C)cc2c1[C@@H](C)CC[C@@H]2[C@@H](C)CCC=C(C)C. The van der Waals surface area contributed by atoms with Crippen molar-refractivity contribution >= 4 is 5.97 Å². The quantitative estimate of drug-likeness (QED) is 0.401. The van der Waals surface area contributed by atoms with Gasteiger partial charge in [-0.1, -0.05) is 31.6 Å². The van der Waals surface area contributed by atoms with E-state index in [1.807, 2.05) is 6.92 Å². The highest BCUT2D eigenvalue weighted by Crippen LogP contribution is 2.51. The zero-order chi connectivity index (χ0) is 25.9. The summed E-state index contributed by atoms with van der Waals surface area (Å²) < 4.78 is 22.8. The molecule has 7 atom stereocenters. The summed E-state index contributed by atoms with van der Waals surface area (Å²) in [7, 11) is 1.64. The molecular weight excluding hydrogens is 448 g/mol. The van der Waals surface area contributed by atoms with Crippen molar-refractivity contribution in [3.63, 3.8) is 0 Å². The Bertz CT molecular complexity index is 920. The predicted octanol–water partition coefficient (Wildman–Crippen LogP) is 4.76. The molecule has 0 unspecified atom stereocenters. The maximum Gasteiger partial charge on any atom is 0.303 e. The molecule has 0 radical (unpaired) electrons. The second-order valence-corrected chi connectivity index (χ2v) is 10.4. The minimum absolute atomic E-state index is 0.0730. The van der Waals surface area contributed by atoms with Gasteiger partial charge in [0.2, 0.25) is 6.29 Å². The number of allylic oxidation sites excluding steroid dienone is 2. The molecule has 1 heterocycles. The van der Waals surface area contributed by atoms with E-state index in [-0.39, 0.29) is 6.61 Å². The van der Waals surface area contributed by atoms with Gasteiger partial charge < -0.3 is 29.2 Å². The van der Waals surface area contributed by atoms with Crippen molar-refractivity contribution in [2.24, 2.45) is 5.92 Å². The van der Waals surface area contributed by atoms with E-state index >= 15 is 0 Å². The van der Waals surface area contributed by atoms with Crippen LogP contribution < -0.4 is 9.47 Å². The summed E-state index contributed by atoms with van der Waals surface area (Å²) in [6.07, 6.45) is 1.97. The highest BCUT2D eigenvalue weighted by molar-refractivity contribution is 5.66. The fourth-order valence-electron chi connectivity index (χ4n) is 5.43. The van der Waals surface area contributed by atoms with Crippen molar-refractivity contribution < 1.29 is 34.0 Å². The first-order chi connectivity index (χ1) is 16.5. The lowest BCUT2D eigenvalue weighted by Gasteiger charge is -2.38. The minimum atomic E-state index is -1.38. The highest BCUT2D eigenvalue weighted by Gasteiger charge is 2.43. The van der Waals surface area contributed by atoms with Crippen molar-refractivity contribution in [2.75, 3.05) is 13.7 Å². The van der Waals surface area contributed by atoms with Gasteiger partial charge in [-0.2, -0.15) is 0 Å². The van der Waals surface area contributed by atoms with Gasteiger partial charge in [-0.15, -0.1) is 0 Å². The number of aryl methyl sites for hydroxylation is 1. The number of hydrogen-bond donors (Lipinski definition) is 2. The van der Waals surface area contributed by atoms with Gasteiger partial charge in [-0.05, 0) is 75.3 Å². The number of rotatable bonds is 8. The Morgan fingerprint density at radius 3 is 2.54 bits per heavy atom. The number of benzene rings is 1. The zero-order valence-corrected chi connectivity index (χ0v) is 22.2. The second kappa shape index (κ2) is 11.8. The van der Waals surface area contributed by atoms with Gasteiger partial charge in [-0.3, -0.25) is 4.79 Å². The van der Waals surface area contributed by atoms with E-state index < -0.39 is 30.6 Å². The Morgan fingerprint density at radius 1 is 1.20 bits per heavy atom. The normalized spacial score (nSPS) is 29.1. The first kappa shape index (κ1) is 27.5. The Balaban J connectivity index is 1.88. The van der Waals surface area contributed by atoms with Gasteiger partial charge in [0.05, 0.1) is 13.7 Å². The highest BCUT2D eigenvalue weighted by atomic mass is 16.7. The smallest absolute Gasteiger partial charge is 0.303 e. The lowest BCUT2D eigenvalue weighted by atomic mass is 9.70. The zero-order valence-electron chi connectivity index (χ0n) is 22.2. The van der Waals surface area contributed by atoms with Crippen LogP contribution in [0.2, 0.25) is 0 Å². The summed E-state index contributed by atoms with van der Waals surface area (Å²) in [5, 5.41) is 21.1. The third-order valence-corrected chi connectivity index (χ3v) is 7.35. The molecule has 1 fully saturated rings. The first-order valence-corrected chi connectivity index (χ1v) is 12.7. The Kier molecular flexibility index (Phi) is 9.24. The average molecular weight is 491 g/mol. The summed E-state index contributed by atoms with van der Waals surface area (Å²) in [5.74, 6) is 1.91. The molecule has 2 N–H and O–H groups in total. The number of carbonyl (C=O) groups is 1. The van der Waals surface area contributed by atoms with Crippen LogP contribution in [0.1, 0.15) is 88.8 Å². The van der Waals surface area contributed by atoms with Gasteiger partial charge in [0, 0.05) is 12.5 Å². The number of esters is 1. The molecule has 0 amide bonds. The van der Waals surface area contributed by atoms with Crippen LogP contribution in [-0.2, 0) is 14.3 Å². The van der Waals surface area contributed by atoms with Crippen LogP contribution in [0.3, 0.4) is 0 Å². The molecule has 1 aromatic rings. The molecule has 7 nitrogen and oxygen atoms in total. The molecule has 1 aliphatic carbocycles. The summed E-state index contributed by atoms with van der Waals surface area (Å²) >= 11 is 0. The van der Waals surface area contributed by atoms with Crippen LogP contribution in [0.25, 0.3) is 0 Å². The van der Waals surface area contributed by atoms with Gasteiger partial charge in [0.25, 0.3) is 0 Å². The van der Waals surface area contributed by atoms with Crippen LogP contribution >= 0.6 is 0 Å². The van der Waals surface area contributed by atoms with E-state index in [1.54, 1.807) is 7.11 Å². The summed E-state index contributed by atoms with van der Waals surface area (Å²) in [6.45, 7) is 12.0. The molecule has 1 aromatic carbocycles. The fourth-order valence-corrected chi connectivity index (χ4v) is 5.43. The molecule has 196 valence electrons. The molecule has 0 bridgehead atoms. The van der Waals surface area contributed by atoms with E-state index in [0.717, 1.165) is 36.8 Å². The largest absolute Gasteiger partial charge is 0.493 e. The van der Waals surface area contributed by atoms with Gasteiger partial charge in [0.15, 0.2) is 17.6 Å². The van der Waals surface area contributed by atoms with Gasteiger partial charge in [-0.25, -0.2) is 0 Å². The number of fused-ring (bicyclic) bond motifs is 1. The van der Waals surface area contributed by atoms with Crippen molar-refractivity contribution in [1.29, 1.82) is 0 Å². The monoisotopic (exact) mass is 490 g/mol. The van der Waals surface area contributed by atoms with E-state index in [0.29, 0.717) is 29.3 Å². The standard InChI is InChI=1S/C28H42O7/c1-15(2)9-8-10-16(3)20-12-11-17(4)23-21(20)13-18(5)26(27(23)32-7)35-28-25(31)24(30)22(14-33-28)34-19(6)29/h9,13,16-17,20,22,24-25,28,30-31H,8,10-12,14H2,1-7H3/t16-,17-,20+,22-,24+,25-,28+/m0/s1. The summed E-state index contributed by atoms with van der Waals surface area (Å²) in [4.78, 5) is 11.3. The number of aliphatic hydroxyl groups is 2. The topological polar surface area (TPSA) is 94.5 Å². The van der Waals surface area contributed by atoms with Crippen LogP contribution in [0.5, 0.6) is 11.5 Å². The molecule has 1 aliphatic heterocycles. The maximum absolute atomic E-state index is 11.3. The molecule has 0 saturated carbocycles. The molecule has 1 saturated heterocycles. The van der Waals surface area contributed by atoms with E-state index in [2.05, 4.69) is 39.8 Å². The Labute approximate surface area is 209 Å². The number of ether oxygens (including phenoxy) is 4. The number of aliphatic hydroxyl groups excluding tert-OH is 2. The third kappa shape index (κ3) is 6.19. The minimum Gasteiger partial charge on any atom is -0.493 e. The lowest BCUT2D eigenvalue weighted by molar-refractivity contribution is -0.248. The van der Waals surface area contributed by atoms with Crippen LogP contribution in [0, 0.1) is 12.8 Å².